The molecule has 0 saturated carbocycles. The van der Waals surface area contributed by atoms with Gasteiger partial charge in [-0.2, -0.15) is 0 Å². The molecule has 1 aromatic carbocycles. The van der Waals surface area contributed by atoms with Crippen LogP contribution in [-0.2, 0) is 23.5 Å². The molecule has 3 aromatic rings. The first-order valence-corrected chi connectivity index (χ1v) is 14.5. The van der Waals surface area contributed by atoms with Crippen LogP contribution in [0.25, 0.3) is 0 Å². The minimum absolute atomic E-state index is 0.380. The van der Waals surface area contributed by atoms with Gasteiger partial charge in [-0.3, -0.25) is 9.21 Å². The Hall–Kier alpha value is -3.50. The van der Waals surface area contributed by atoms with Crippen LogP contribution in [0.1, 0.15) is 43.0 Å². The van der Waals surface area contributed by atoms with Crippen molar-refractivity contribution < 1.29 is 14.3 Å². The lowest BCUT2D eigenvalue weighted by Crippen LogP contribution is -2.42. The molecular formula is C30H38N6O3S. The highest BCUT2D eigenvalue weighted by molar-refractivity contribution is 7.96. The van der Waals surface area contributed by atoms with E-state index in [1.54, 1.807) is 16.8 Å². The van der Waals surface area contributed by atoms with Gasteiger partial charge in [0, 0.05) is 36.3 Å². The van der Waals surface area contributed by atoms with Crippen LogP contribution in [-0.4, -0.2) is 59.8 Å². The van der Waals surface area contributed by atoms with Crippen LogP contribution in [0.2, 0.25) is 0 Å². The van der Waals surface area contributed by atoms with Crippen molar-refractivity contribution in [3.8, 4) is 5.88 Å². The number of hydrogen-bond donors (Lipinski definition) is 1. The van der Waals surface area contributed by atoms with Gasteiger partial charge in [0.25, 0.3) is 0 Å². The summed E-state index contributed by atoms with van der Waals surface area (Å²) < 4.78 is 13.6. The smallest absolute Gasteiger partial charge is 0.415 e. The maximum Gasteiger partial charge on any atom is 0.415 e. The highest BCUT2D eigenvalue weighted by Crippen LogP contribution is 2.40. The summed E-state index contributed by atoms with van der Waals surface area (Å²) >= 11 is 1.78. The predicted molar refractivity (Wildman–Crippen MR) is 162 cm³/mol. The van der Waals surface area contributed by atoms with Gasteiger partial charge in [0.15, 0.2) is 0 Å². The van der Waals surface area contributed by atoms with Crippen LogP contribution in [0.5, 0.6) is 5.88 Å². The molecule has 0 unspecified atom stereocenters. The van der Waals surface area contributed by atoms with Crippen molar-refractivity contribution in [2.75, 3.05) is 48.9 Å². The Balaban J connectivity index is 1.33. The van der Waals surface area contributed by atoms with Gasteiger partial charge in [-0.1, -0.05) is 24.1 Å². The topological polar surface area (TPSA) is 83.1 Å². The third-order valence-electron chi connectivity index (χ3n) is 6.84. The van der Waals surface area contributed by atoms with E-state index in [1.165, 1.54) is 16.7 Å². The fourth-order valence-corrected chi connectivity index (χ4v) is 5.49. The zero-order chi connectivity index (χ0) is 28.4. The number of amides is 1. The SMILES string of the molecule is Cc1c(N2CCc3cnc(Nc4ccc(CSN(C)C)cc4)cc3C2)cnc2c1N(C(=O)OC(C)(C)C)CCO2. The molecule has 1 amide bonds. The number of aromatic nitrogens is 2. The quantitative estimate of drug-likeness (QED) is 0.367. The molecular weight excluding hydrogens is 524 g/mol. The number of ether oxygens (including phenoxy) is 2. The van der Waals surface area contributed by atoms with Crippen molar-refractivity contribution >= 4 is 40.9 Å². The molecule has 1 N–H and O–H groups in total. The Bertz CT molecular complexity index is 1370. The van der Waals surface area contributed by atoms with Crippen molar-refractivity contribution in [2.24, 2.45) is 0 Å². The number of carbonyl (C=O) groups is 1. The van der Waals surface area contributed by atoms with Crippen LogP contribution < -0.4 is 19.9 Å². The summed E-state index contributed by atoms with van der Waals surface area (Å²) in [4.78, 5) is 26.3. The molecule has 40 heavy (non-hydrogen) atoms. The number of carbonyl (C=O) groups excluding carboxylic acids is 1. The predicted octanol–water partition coefficient (Wildman–Crippen LogP) is 5.94. The highest BCUT2D eigenvalue weighted by Gasteiger charge is 2.32. The van der Waals surface area contributed by atoms with E-state index in [-0.39, 0.29) is 6.09 Å². The summed E-state index contributed by atoms with van der Waals surface area (Å²) in [5.41, 5.74) is 6.81. The van der Waals surface area contributed by atoms with Gasteiger partial charge >= 0.3 is 6.09 Å². The molecule has 0 saturated heterocycles. The van der Waals surface area contributed by atoms with E-state index in [2.05, 4.69) is 68.9 Å². The van der Waals surface area contributed by atoms with E-state index < -0.39 is 5.60 Å². The van der Waals surface area contributed by atoms with Gasteiger partial charge in [0.1, 0.15) is 23.7 Å². The molecule has 2 aromatic heterocycles. The number of fused-ring (bicyclic) bond motifs is 2. The normalized spacial score (nSPS) is 14.9. The molecule has 0 atom stereocenters. The molecule has 0 fully saturated rings. The number of hydrogen-bond acceptors (Lipinski definition) is 9. The number of nitrogens with one attached hydrogen (secondary N) is 1. The molecule has 212 valence electrons. The van der Waals surface area contributed by atoms with Crippen LogP contribution >= 0.6 is 11.9 Å². The summed E-state index contributed by atoms with van der Waals surface area (Å²) in [5.74, 6) is 2.23. The molecule has 4 heterocycles. The molecule has 0 bridgehead atoms. The molecule has 10 heteroatoms. The second kappa shape index (κ2) is 11.5. The Morgan fingerprint density at radius 1 is 1.12 bits per heavy atom. The third-order valence-corrected chi connectivity index (χ3v) is 7.81. The van der Waals surface area contributed by atoms with Crippen molar-refractivity contribution in [1.29, 1.82) is 0 Å². The minimum Gasteiger partial charge on any atom is -0.474 e. The lowest BCUT2D eigenvalue weighted by Gasteiger charge is -2.35. The summed E-state index contributed by atoms with van der Waals surface area (Å²) in [6.07, 6.45) is 4.33. The second-order valence-corrected chi connectivity index (χ2v) is 12.6. The highest BCUT2D eigenvalue weighted by atomic mass is 32.2. The fraction of sp³-hybridized carbons (Fsp3) is 0.433. The van der Waals surface area contributed by atoms with E-state index in [1.807, 2.05) is 40.1 Å². The third kappa shape index (κ3) is 6.45. The maximum atomic E-state index is 13.0. The second-order valence-electron chi connectivity index (χ2n) is 11.3. The first kappa shape index (κ1) is 28.0. The van der Waals surface area contributed by atoms with Gasteiger partial charge in [-0.05, 0) is 83.1 Å². The van der Waals surface area contributed by atoms with Gasteiger partial charge in [-0.25, -0.2) is 14.8 Å². The Morgan fingerprint density at radius 3 is 2.62 bits per heavy atom. The molecule has 0 aliphatic carbocycles. The number of rotatable bonds is 6. The first-order valence-electron chi connectivity index (χ1n) is 13.6. The lowest BCUT2D eigenvalue weighted by molar-refractivity contribution is 0.0566. The van der Waals surface area contributed by atoms with E-state index in [4.69, 9.17) is 9.47 Å². The molecule has 0 radical (unpaired) electrons. The average molecular weight is 563 g/mol. The van der Waals surface area contributed by atoms with E-state index in [0.717, 1.165) is 48.0 Å². The fourth-order valence-electron chi connectivity index (χ4n) is 4.89. The molecule has 9 nitrogen and oxygen atoms in total. The number of benzene rings is 1. The molecule has 0 spiro atoms. The summed E-state index contributed by atoms with van der Waals surface area (Å²) in [6.45, 7) is 10.0. The Kier molecular flexibility index (Phi) is 8.09. The maximum absolute atomic E-state index is 13.0. The van der Waals surface area contributed by atoms with Crippen LogP contribution in [0.15, 0.2) is 42.7 Å². The zero-order valence-electron chi connectivity index (χ0n) is 24.2. The van der Waals surface area contributed by atoms with E-state index in [9.17, 15) is 4.79 Å². The number of anilines is 4. The number of nitrogens with zero attached hydrogens (tertiary/aromatic N) is 5. The van der Waals surface area contributed by atoms with E-state index >= 15 is 0 Å². The average Bonchev–Trinajstić information content (AvgIpc) is 2.91. The van der Waals surface area contributed by atoms with Crippen molar-refractivity contribution in [1.82, 2.24) is 14.3 Å². The monoisotopic (exact) mass is 562 g/mol. The summed E-state index contributed by atoms with van der Waals surface area (Å²) in [7, 11) is 4.11. The minimum atomic E-state index is -0.585. The largest absolute Gasteiger partial charge is 0.474 e. The summed E-state index contributed by atoms with van der Waals surface area (Å²) in [5, 5.41) is 3.46. The van der Waals surface area contributed by atoms with Crippen LogP contribution in [0, 0.1) is 6.92 Å². The van der Waals surface area contributed by atoms with Gasteiger partial charge in [0.05, 0.1) is 18.4 Å². The summed E-state index contributed by atoms with van der Waals surface area (Å²) in [6, 6.07) is 10.6. The van der Waals surface area contributed by atoms with Crippen molar-refractivity contribution in [3.05, 3.63) is 65.0 Å². The van der Waals surface area contributed by atoms with Gasteiger partial charge in [0.2, 0.25) is 5.88 Å². The lowest BCUT2D eigenvalue weighted by atomic mass is 10.0. The van der Waals surface area contributed by atoms with Crippen LogP contribution in [0.3, 0.4) is 0 Å². The number of pyridine rings is 2. The van der Waals surface area contributed by atoms with Gasteiger partial charge < -0.3 is 19.7 Å². The standard InChI is InChI=1S/C30H38N6O3S/c1-20-25(17-32-28-27(20)36(13-14-38-28)29(37)39-30(2,3)4)35-12-11-22-16-31-26(15-23(22)18-35)33-24-9-7-21(8-10-24)19-40-34(5)6/h7-10,15-17H,11-14,18-19H2,1-6H3,(H,31,33). The Morgan fingerprint density at radius 2 is 1.90 bits per heavy atom. The zero-order valence-corrected chi connectivity index (χ0v) is 25.0. The van der Waals surface area contributed by atoms with Gasteiger partial charge in [-0.15, -0.1) is 0 Å². The van der Waals surface area contributed by atoms with Crippen molar-refractivity contribution in [2.45, 2.75) is 52.0 Å². The van der Waals surface area contributed by atoms with Crippen LogP contribution in [0.4, 0.5) is 27.7 Å². The Labute approximate surface area is 241 Å². The first-order chi connectivity index (χ1) is 19.1. The molecule has 5 rings (SSSR count). The van der Waals surface area contributed by atoms with E-state index in [0.29, 0.717) is 24.7 Å². The molecule has 2 aliphatic rings. The molecule has 2 aliphatic heterocycles. The van der Waals surface area contributed by atoms with Crippen molar-refractivity contribution in [3.63, 3.8) is 0 Å².